The number of nitrogens with one attached hydrogen (secondary N) is 2. The number of amides is 3. The maximum Gasteiger partial charge on any atom is 0.318 e. The van der Waals surface area contributed by atoms with Gasteiger partial charge in [-0.05, 0) is 36.2 Å². The summed E-state index contributed by atoms with van der Waals surface area (Å²) in [6, 6.07) is 13.0. The van der Waals surface area contributed by atoms with Crippen LogP contribution in [0.1, 0.15) is 18.1 Å². The van der Waals surface area contributed by atoms with Crippen molar-refractivity contribution in [1.82, 2.24) is 20.4 Å². The number of carbonyl (C=O) groups is 2. The number of urea groups is 1. The van der Waals surface area contributed by atoms with Crippen molar-refractivity contribution in [1.29, 1.82) is 0 Å². The molecule has 0 aromatic heterocycles. The Hall–Kier alpha value is -2.52. The third kappa shape index (κ3) is 6.87. The van der Waals surface area contributed by atoms with E-state index in [-0.39, 0.29) is 18.0 Å². The van der Waals surface area contributed by atoms with E-state index in [0.29, 0.717) is 49.3 Å². The number of anilines is 1. The summed E-state index contributed by atoms with van der Waals surface area (Å²) in [5, 5.41) is 7.37. The average Bonchev–Trinajstić information content (AvgIpc) is 3.32. The molecular weight excluding hydrogens is 513 g/mol. The first kappa shape index (κ1) is 27.5. The van der Waals surface area contributed by atoms with Gasteiger partial charge < -0.3 is 30.1 Å². The van der Waals surface area contributed by atoms with Gasteiger partial charge in [0, 0.05) is 81.1 Å². The lowest BCUT2D eigenvalue weighted by Gasteiger charge is -2.39. The molecule has 2 fully saturated rings. The molecule has 2 atom stereocenters. The summed E-state index contributed by atoms with van der Waals surface area (Å²) < 4.78 is 5.23. The molecule has 2 unspecified atom stereocenters. The molecule has 200 valence electrons. The number of hydrogen-bond acceptors (Lipinski definition) is 5. The molecule has 10 heteroatoms. The van der Waals surface area contributed by atoms with Crippen LogP contribution in [-0.2, 0) is 22.5 Å². The summed E-state index contributed by atoms with van der Waals surface area (Å²) in [4.78, 5) is 32.1. The Morgan fingerprint density at radius 2 is 1.84 bits per heavy atom. The Labute approximate surface area is 228 Å². The minimum atomic E-state index is -0.619. The number of benzene rings is 2. The lowest BCUT2D eigenvalue weighted by molar-refractivity contribution is -0.136. The van der Waals surface area contributed by atoms with Gasteiger partial charge in [-0.25, -0.2) is 4.79 Å². The highest BCUT2D eigenvalue weighted by molar-refractivity contribution is 6.35. The molecule has 2 saturated heterocycles. The summed E-state index contributed by atoms with van der Waals surface area (Å²) in [5.74, 6) is -0.0499. The molecule has 37 heavy (non-hydrogen) atoms. The largest absolute Gasteiger partial charge is 0.383 e. The summed E-state index contributed by atoms with van der Waals surface area (Å²) >= 11 is 12.5. The van der Waals surface area contributed by atoms with Gasteiger partial charge in [-0.2, -0.15) is 0 Å². The molecule has 3 amide bonds. The molecule has 2 N–H and O–H groups in total. The quantitative estimate of drug-likeness (QED) is 0.476. The predicted molar refractivity (Wildman–Crippen MR) is 147 cm³/mol. The van der Waals surface area contributed by atoms with E-state index in [4.69, 9.17) is 27.9 Å². The second kappa shape index (κ2) is 12.8. The van der Waals surface area contributed by atoms with E-state index in [1.165, 1.54) is 11.3 Å². The third-order valence-corrected chi connectivity index (χ3v) is 7.55. The van der Waals surface area contributed by atoms with E-state index in [1.54, 1.807) is 24.1 Å². The molecule has 2 aromatic carbocycles. The highest BCUT2D eigenvalue weighted by atomic mass is 35.5. The number of carbonyl (C=O) groups excluding carboxylic acids is 2. The zero-order chi connectivity index (χ0) is 26.4. The van der Waals surface area contributed by atoms with Gasteiger partial charge in [-0.15, -0.1) is 0 Å². The van der Waals surface area contributed by atoms with Gasteiger partial charge in [-0.1, -0.05) is 47.5 Å². The minimum Gasteiger partial charge on any atom is -0.383 e. The van der Waals surface area contributed by atoms with Crippen LogP contribution in [0.25, 0.3) is 0 Å². The van der Waals surface area contributed by atoms with Crippen LogP contribution in [0.2, 0.25) is 10.0 Å². The number of piperazine rings is 1. The monoisotopic (exact) mass is 547 g/mol. The Morgan fingerprint density at radius 1 is 1.08 bits per heavy atom. The number of halogens is 2. The maximum atomic E-state index is 13.8. The number of methoxy groups -OCH3 is 1. The summed E-state index contributed by atoms with van der Waals surface area (Å²) in [6.45, 7) is 7.12. The van der Waals surface area contributed by atoms with Crippen LogP contribution in [0, 0.1) is 0 Å². The number of ether oxygens (including phenoxy) is 1. The van der Waals surface area contributed by atoms with Gasteiger partial charge in [0.05, 0.1) is 6.61 Å². The molecule has 2 heterocycles. The molecule has 2 aliphatic heterocycles. The lowest BCUT2D eigenvalue weighted by Crippen LogP contribution is -2.56. The number of nitrogens with zero attached hydrogens (tertiary/aromatic N) is 3. The molecular formula is C27H35Cl2N5O3. The van der Waals surface area contributed by atoms with Crippen molar-refractivity contribution in [2.75, 3.05) is 57.9 Å². The molecule has 0 radical (unpaired) electrons. The fourth-order valence-corrected chi connectivity index (χ4v) is 5.44. The van der Waals surface area contributed by atoms with Gasteiger partial charge in [0.1, 0.15) is 6.04 Å². The normalized spacial score (nSPS) is 17.6. The van der Waals surface area contributed by atoms with Crippen molar-refractivity contribution in [3.63, 3.8) is 0 Å². The van der Waals surface area contributed by atoms with Gasteiger partial charge in [0.25, 0.3) is 0 Å². The van der Waals surface area contributed by atoms with Crippen LogP contribution in [-0.4, -0.2) is 86.8 Å². The predicted octanol–water partition coefficient (Wildman–Crippen LogP) is 3.40. The highest BCUT2D eigenvalue weighted by Crippen LogP contribution is 2.26. The third-order valence-electron chi connectivity index (χ3n) is 6.96. The Balaban J connectivity index is 1.44. The van der Waals surface area contributed by atoms with Crippen LogP contribution in [0.3, 0.4) is 0 Å². The Morgan fingerprint density at radius 3 is 2.51 bits per heavy atom. The van der Waals surface area contributed by atoms with E-state index >= 15 is 0 Å². The zero-order valence-corrected chi connectivity index (χ0v) is 22.9. The van der Waals surface area contributed by atoms with Gasteiger partial charge >= 0.3 is 6.03 Å². The van der Waals surface area contributed by atoms with Crippen molar-refractivity contribution in [3.05, 3.63) is 63.6 Å². The van der Waals surface area contributed by atoms with E-state index < -0.39 is 6.04 Å². The smallest absolute Gasteiger partial charge is 0.318 e. The van der Waals surface area contributed by atoms with Gasteiger partial charge in [0.2, 0.25) is 5.91 Å². The Kier molecular flexibility index (Phi) is 9.54. The van der Waals surface area contributed by atoms with Crippen LogP contribution in [0.15, 0.2) is 42.5 Å². The molecule has 0 bridgehead atoms. The lowest BCUT2D eigenvalue weighted by atomic mass is 10.0. The second-order valence-electron chi connectivity index (χ2n) is 9.56. The first-order valence-corrected chi connectivity index (χ1v) is 13.5. The van der Waals surface area contributed by atoms with Crippen LogP contribution in [0.4, 0.5) is 10.5 Å². The van der Waals surface area contributed by atoms with E-state index in [9.17, 15) is 9.59 Å². The second-order valence-corrected chi connectivity index (χ2v) is 10.4. The van der Waals surface area contributed by atoms with Gasteiger partial charge in [-0.3, -0.25) is 4.79 Å². The first-order chi connectivity index (χ1) is 17.9. The first-order valence-electron chi connectivity index (χ1n) is 12.7. The zero-order valence-electron chi connectivity index (χ0n) is 21.4. The minimum absolute atomic E-state index is 0.0499. The number of para-hydroxylation sites is 1. The fraction of sp³-hybridized carbons (Fsp3) is 0.481. The highest BCUT2D eigenvalue weighted by Gasteiger charge is 2.37. The van der Waals surface area contributed by atoms with E-state index in [1.807, 2.05) is 17.0 Å². The topological polar surface area (TPSA) is 77.2 Å². The fourth-order valence-electron chi connectivity index (χ4n) is 4.95. The maximum absolute atomic E-state index is 13.8. The summed E-state index contributed by atoms with van der Waals surface area (Å²) in [6.07, 6.45) is 0.344. The van der Waals surface area contributed by atoms with Crippen molar-refractivity contribution >= 4 is 40.8 Å². The van der Waals surface area contributed by atoms with E-state index in [0.717, 1.165) is 25.2 Å². The van der Waals surface area contributed by atoms with Crippen LogP contribution in [0.5, 0.6) is 0 Å². The Bertz CT molecular complexity index is 1090. The average molecular weight is 549 g/mol. The van der Waals surface area contributed by atoms with Crippen LogP contribution < -0.4 is 15.5 Å². The summed E-state index contributed by atoms with van der Waals surface area (Å²) in [5.41, 5.74) is 3.19. The van der Waals surface area contributed by atoms with Crippen molar-refractivity contribution < 1.29 is 14.3 Å². The number of rotatable bonds is 10. The molecule has 0 spiro atoms. The number of hydrogen-bond donors (Lipinski definition) is 2. The molecule has 4 rings (SSSR count). The standard InChI is InChI=1S/C27H35Cl2N5O3/c1-19(18-37-2)31-17-21-5-3-4-6-24(21)32-11-13-33(14-12-32)26(35)25(34-10-9-30-27(34)36)15-20-7-8-22(28)16-23(20)29/h3-8,16,19,25,31H,9-15,17-18H2,1-2H3,(H,30,36). The molecule has 8 nitrogen and oxygen atoms in total. The SMILES string of the molecule is COCC(C)NCc1ccccc1N1CCN(C(=O)C(Cc2ccc(Cl)cc2Cl)N2CCNC2=O)CC1. The van der Waals surface area contributed by atoms with Crippen LogP contribution >= 0.6 is 23.2 Å². The molecule has 0 aliphatic carbocycles. The summed E-state index contributed by atoms with van der Waals surface area (Å²) in [7, 11) is 1.71. The molecule has 0 saturated carbocycles. The molecule has 2 aliphatic rings. The molecule has 2 aromatic rings. The van der Waals surface area contributed by atoms with Crippen molar-refractivity contribution in [2.45, 2.75) is 32.0 Å². The van der Waals surface area contributed by atoms with E-state index in [2.05, 4.69) is 40.7 Å². The van der Waals surface area contributed by atoms with Crippen molar-refractivity contribution in [2.24, 2.45) is 0 Å². The van der Waals surface area contributed by atoms with Gasteiger partial charge in [0.15, 0.2) is 0 Å². The van der Waals surface area contributed by atoms with Crippen molar-refractivity contribution in [3.8, 4) is 0 Å².